The summed E-state index contributed by atoms with van der Waals surface area (Å²) >= 11 is 9.37. The van der Waals surface area contributed by atoms with Gasteiger partial charge in [0.15, 0.2) is 0 Å². The maximum Gasteiger partial charge on any atom is 0.264 e. The number of fused-ring (bicyclic) bond motifs is 1. The molecule has 2 aromatic carbocycles. The molecule has 144 valence electrons. The predicted octanol–water partition coefficient (Wildman–Crippen LogP) is 4.21. The van der Waals surface area contributed by atoms with Gasteiger partial charge in [0.2, 0.25) is 5.91 Å². The van der Waals surface area contributed by atoms with Crippen LogP contribution in [0.3, 0.4) is 0 Å². The van der Waals surface area contributed by atoms with Crippen LogP contribution in [0.5, 0.6) is 5.75 Å². The van der Waals surface area contributed by atoms with Gasteiger partial charge in [-0.3, -0.25) is 9.52 Å². The molecule has 0 spiro atoms. The molecule has 1 atom stereocenters. The summed E-state index contributed by atoms with van der Waals surface area (Å²) in [6.07, 6.45) is 0.581. The van der Waals surface area contributed by atoms with Crippen molar-refractivity contribution in [2.24, 2.45) is 0 Å². The highest BCUT2D eigenvalue weighted by Crippen LogP contribution is 2.41. The third-order valence-electron chi connectivity index (χ3n) is 4.35. The number of nitrogens with zero attached hydrogens (tertiary/aromatic N) is 1. The van der Waals surface area contributed by atoms with Gasteiger partial charge in [0.05, 0.1) is 18.5 Å². The van der Waals surface area contributed by atoms with Gasteiger partial charge in [-0.05, 0) is 49.2 Å². The zero-order valence-corrected chi connectivity index (χ0v) is 18.1. The molecule has 0 radical (unpaired) electrons. The molecular weight excluding hydrogens is 456 g/mol. The lowest BCUT2D eigenvalue weighted by molar-refractivity contribution is -0.116. The molecule has 2 aromatic rings. The van der Waals surface area contributed by atoms with Crippen LogP contribution in [0.1, 0.15) is 19.4 Å². The molecule has 6 nitrogen and oxygen atoms in total. The molecule has 1 aliphatic heterocycles. The van der Waals surface area contributed by atoms with Crippen molar-refractivity contribution in [3.63, 3.8) is 0 Å². The highest BCUT2D eigenvalue weighted by Gasteiger charge is 2.35. The van der Waals surface area contributed by atoms with Crippen molar-refractivity contribution in [2.45, 2.75) is 31.2 Å². The number of hydrogen-bond donors (Lipinski definition) is 1. The largest absolute Gasteiger partial charge is 0.495 e. The lowest BCUT2D eigenvalue weighted by Gasteiger charge is -2.23. The maximum atomic E-state index is 13.2. The Morgan fingerprint density at radius 3 is 2.67 bits per heavy atom. The molecule has 1 amide bonds. The van der Waals surface area contributed by atoms with E-state index in [1.807, 2.05) is 13.0 Å². The van der Waals surface area contributed by atoms with Crippen LogP contribution in [0.15, 0.2) is 39.7 Å². The first-order valence-corrected chi connectivity index (χ1v) is 10.8. The molecule has 0 unspecified atom stereocenters. The average Bonchev–Trinajstić information content (AvgIpc) is 2.89. The molecule has 0 aromatic heterocycles. The van der Waals surface area contributed by atoms with E-state index in [-0.39, 0.29) is 22.5 Å². The standard InChI is InChI=1S/C18H18BrClN2O4S/c1-10-6-12-7-13(19)8-17(18(12)22(10)11(2)23)27(24,25)21-15-9-14(20)4-5-16(15)26-3/h4-5,7-10,21H,6H2,1-3H3/t10-/m0/s1. The summed E-state index contributed by atoms with van der Waals surface area (Å²) in [5, 5.41) is 0.368. The molecular formula is C18H18BrClN2O4S. The van der Waals surface area contributed by atoms with Crippen molar-refractivity contribution >= 4 is 54.8 Å². The maximum absolute atomic E-state index is 13.2. The third kappa shape index (κ3) is 3.79. The third-order valence-corrected chi connectivity index (χ3v) is 6.42. The predicted molar refractivity (Wildman–Crippen MR) is 109 cm³/mol. The zero-order valence-electron chi connectivity index (χ0n) is 14.9. The van der Waals surface area contributed by atoms with Crippen LogP contribution >= 0.6 is 27.5 Å². The van der Waals surface area contributed by atoms with E-state index in [0.717, 1.165) is 5.56 Å². The van der Waals surface area contributed by atoms with Crippen LogP contribution in [0.4, 0.5) is 11.4 Å². The number of hydrogen-bond acceptors (Lipinski definition) is 4. The van der Waals surface area contributed by atoms with E-state index in [1.54, 1.807) is 12.1 Å². The highest BCUT2D eigenvalue weighted by atomic mass is 79.9. The van der Waals surface area contributed by atoms with Crippen LogP contribution in [0.25, 0.3) is 0 Å². The Bertz CT molecular complexity index is 1030. The van der Waals surface area contributed by atoms with E-state index < -0.39 is 10.0 Å². The zero-order chi connectivity index (χ0) is 19.9. The summed E-state index contributed by atoms with van der Waals surface area (Å²) in [6, 6.07) is 7.87. The van der Waals surface area contributed by atoms with Gasteiger partial charge >= 0.3 is 0 Å². The van der Waals surface area contributed by atoms with Crippen molar-refractivity contribution in [1.29, 1.82) is 0 Å². The summed E-state index contributed by atoms with van der Waals surface area (Å²) in [4.78, 5) is 13.7. The summed E-state index contributed by atoms with van der Waals surface area (Å²) in [7, 11) is -2.57. The number of amides is 1. The topological polar surface area (TPSA) is 75.7 Å². The summed E-state index contributed by atoms with van der Waals surface area (Å²) < 4.78 is 34.8. The molecule has 27 heavy (non-hydrogen) atoms. The lowest BCUT2D eigenvalue weighted by atomic mass is 10.1. The number of halogens is 2. The monoisotopic (exact) mass is 472 g/mol. The van der Waals surface area contributed by atoms with Crippen LogP contribution in [-0.2, 0) is 21.2 Å². The minimum Gasteiger partial charge on any atom is -0.495 e. The van der Waals surface area contributed by atoms with Crippen molar-refractivity contribution < 1.29 is 17.9 Å². The van der Waals surface area contributed by atoms with Gasteiger partial charge in [-0.25, -0.2) is 8.42 Å². The first-order valence-electron chi connectivity index (χ1n) is 8.12. The fourth-order valence-electron chi connectivity index (χ4n) is 3.32. The van der Waals surface area contributed by atoms with Gasteiger partial charge in [0, 0.05) is 22.5 Å². The van der Waals surface area contributed by atoms with Crippen molar-refractivity contribution in [1.82, 2.24) is 0 Å². The number of methoxy groups -OCH3 is 1. The van der Waals surface area contributed by atoms with E-state index in [2.05, 4.69) is 20.7 Å². The second-order valence-electron chi connectivity index (χ2n) is 6.30. The number of anilines is 2. The molecule has 0 saturated heterocycles. The first kappa shape index (κ1) is 20.0. The van der Waals surface area contributed by atoms with Gasteiger partial charge in [-0.15, -0.1) is 0 Å². The van der Waals surface area contributed by atoms with Crippen LogP contribution in [0.2, 0.25) is 5.02 Å². The number of carbonyl (C=O) groups is 1. The Balaban J connectivity index is 2.14. The minimum absolute atomic E-state index is 0.0217. The molecule has 0 bridgehead atoms. The van der Waals surface area contributed by atoms with Gasteiger partial charge in [0.25, 0.3) is 10.0 Å². The van der Waals surface area contributed by atoms with E-state index in [9.17, 15) is 13.2 Å². The Kier molecular flexibility index (Phi) is 5.42. The van der Waals surface area contributed by atoms with Gasteiger partial charge < -0.3 is 9.64 Å². The number of nitrogens with one attached hydrogen (secondary N) is 1. The molecule has 0 saturated carbocycles. The molecule has 1 heterocycles. The summed E-state index contributed by atoms with van der Waals surface area (Å²) in [5.41, 5.74) is 1.43. The van der Waals surface area contributed by atoms with Crippen molar-refractivity contribution in [2.75, 3.05) is 16.7 Å². The fraction of sp³-hybridized carbons (Fsp3) is 0.278. The number of benzene rings is 2. The van der Waals surface area contributed by atoms with E-state index >= 15 is 0 Å². The summed E-state index contributed by atoms with van der Waals surface area (Å²) in [6.45, 7) is 3.32. The first-order chi connectivity index (χ1) is 12.6. The van der Waals surface area contributed by atoms with E-state index in [1.165, 1.54) is 31.1 Å². The molecule has 1 aliphatic rings. The smallest absolute Gasteiger partial charge is 0.264 e. The number of ether oxygens (including phenoxy) is 1. The average molecular weight is 474 g/mol. The van der Waals surface area contributed by atoms with E-state index in [4.69, 9.17) is 16.3 Å². The Hall–Kier alpha value is -1.77. The summed E-state index contributed by atoms with van der Waals surface area (Å²) in [5.74, 6) is 0.131. The van der Waals surface area contributed by atoms with Gasteiger partial charge in [-0.2, -0.15) is 0 Å². The second kappa shape index (κ2) is 7.33. The Labute approximate surface area is 171 Å². The highest BCUT2D eigenvalue weighted by molar-refractivity contribution is 9.10. The van der Waals surface area contributed by atoms with Gasteiger partial charge in [-0.1, -0.05) is 27.5 Å². The second-order valence-corrected chi connectivity index (χ2v) is 9.31. The Morgan fingerprint density at radius 1 is 1.33 bits per heavy atom. The van der Waals surface area contributed by atoms with Crippen molar-refractivity contribution in [3.8, 4) is 5.75 Å². The minimum atomic E-state index is -4.01. The molecule has 3 rings (SSSR count). The quantitative estimate of drug-likeness (QED) is 0.722. The molecule has 0 fully saturated rings. The van der Waals surface area contributed by atoms with Gasteiger partial charge in [0.1, 0.15) is 10.6 Å². The SMILES string of the molecule is COc1ccc(Cl)cc1NS(=O)(=O)c1cc(Br)cc2c1N(C(C)=O)[C@@H](C)C2. The molecule has 9 heteroatoms. The van der Waals surface area contributed by atoms with E-state index in [0.29, 0.717) is 27.4 Å². The van der Waals surface area contributed by atoms with Crippen molar-refractivity contribution in [3.05, 3.63) is 45.4 Å². The molecule has 0 aliphatic carbocycles. The number of carbonyl (C=O) groups excluding carboxylic acids is 1. The molecule has 1 N–H and O–H groups in total. The van der Waals surface area contributed by atoms with Crippen LogP contribution < -0.4 is 14.4 Å². The lowest BCUT2D eigenvalue weighted by Crippen LogP contribution is -2.34. The Morgan fingerprint density at radius 2 is 2.04 bits per heavy atom. The fourth-order valence-corrected chi connectivity index (χ4v) is 5.47. The number of rotatable bonds is 4. The normalized spacial score (nSPS) is 16.2. The van der Waals surface area contributed by atoms with Crippen LogP contribution in [0, 0.1) is 0 Å². The van der Waals surface area contributed by atoms with Crippen LogP contribution in [-0.4, -0.2) is 27.5 Å². The number of sulfonamides is 1.